The molecule has 0 aromatic carbocycles. The number of carbonyl (C=O) groups excluding carboxylic acids is 1. The van der Waals surface area contributed by atoms with Gasteiger partial charge >= 0.3 is 0 Å². The van der Waals surface area contributed by atoms with Crippen LogP contribution in [0.4, 0.5) is 0 Å². The molecule has 2 heterocycles. The second-order valence-corrected chi connectivity index (χ2v) is 7.21. The summed E-state index contributed by atoms with van der Waals surface area (Å²) < 4.78 is 0. The molecule has 4 heteroatoms. The zero-order valence-corrected chi connectivity index (χ0v) is 12.3. The third kappa shape index (κ3) is 3.56. The van der Waals surface area contributed by atoms with Gasteiger partial charge in [0.15, 0.2) is 0 Å². The minimum Gasteiger partial charge on any atom is -0.335 e. The maximum absolute atomic E-state index is 12.3. The van der Waals surface area contributed by atoms with E-state index in [1.54, 1.807) is 11.3 Å². The molecule has 1 aliphatic rings. The van der Waals surface area contributed by atoms with E-state index >= 15 is 0 Å². The van der Waals surface area contributed by atoms with Crippen molar-refractivity contribution in [2.24, 2.45) is 5.41 Å². The fourth-order valence-corrected chi connectivity index (χ4v) is 3.41. The van der Waals surface area contributed by atoms with Crippen LogP contribution < -0.4 is 5.32 Å². The molecule has 18 heavy (non-hydrogen) atoms. The molecule has 1 aromatic rings. The topological polar surface area (TPSA) is 32.3 Å². The predicted molar refractivity (Wildman–Crippen MR) is 76.3 cm³/mol. The molecule has 0 bridgehead atoms. The molecule has 0 spiro atoms. The lowest BCUT2D eigenvalue weighted by Crippen LogP contribution is -2.46. The highest BCUT2D eigenvalue weighted by Crippen LogP contribution is 2.26. The lowest BCUT2D eigenvalue weighted by Gasteiger charge is -2.26. The number of nitrogens with zero attached hydrogens (tertiary/aromatic N) is 1. The van der Waals surface area contributed by atoms with Gasteiger partial charge in [0, 0.05) is 31.1 Å². The SMILES string of the molecule is CC(C)(C)Cc1ccc(C(=O)N2CCNCC2)s1. The Balaban J connectivity index is 2.02. The molecule has 1 fully saturated rings. The molecule has 0 radical (unpaired) electrons. The van der Waals surface area contributed by atoms with Gasteiger partial charge in [-0.2, -0.15) is 0 Å². The predicted octanol–water partition coefficient (Wildman–Crippen LogP) is 2.38. The number of piperazine rings is 1. The van der Waals surface area contributed by atoms with E-state index < -0.39 is 0 Å². The normalized spacial score (nSPS) is 16.9. The van der Waals surface area contributed by atoms with E-state index in [-0.39, 0.29) is 11.3 Å². The summed E-state index contributed by atoms with van der Waals surface area (Å²) in [5.74, 6) is 0.196. The van der Waals surface area contributed by atoms with Crippen molar-refractivity contribution in [2.75, 3.05) is 26.2 Å². The van der Waals surface area contributed by atoms with Crippen molar-refractivity contribution in [3.05, 3.63) is 21.9 Å². The second kappa shape index (κ2) is 5.41. The van der Waals surface area contributed by atoms with Gasteiger partial charge in [-0.05, 0) is 24.0 Å². The highest BCUT2D eigenvalue weighted by Gasteiger charge is 2.20. The minimum absolute atomic E-state index is 0.196. The number of thiophene rings is 1. The fraction of sp³-hybridized carbons (Fsp3) is 0.643. The Kier molecular flexibility index (Phi) is 4.07. The van der Waals surface area contributed by atoms with E-state index in [4.69, 9.17) is 0 Å². The summed E-state index contributed by atoms with van der Waals surface area (Å²) in [5.41, 5.74) is 0.278. The average molecular weight is 266 g/mol. The molecule has 100 valence electrons. The number of hydrogen-bond donors (Lipinski definition) is 1. The third-order valence-corrected chi connectivity index (χ3v) is 4.05. The van der Waals surface area contributed by atoms with Gasteiger partial charge in [-0.3, -0.25) is 4.79 Å². The Morgan fingerprint density at radius 1 is 1.33 bits per heavy atom. The van der Waals surface area contributed by atoms with Crippen LogP contribution in [-0.4, -0.2) is 37.0 Å². The zero-order chi connectivity index (χ0) is 13.2. The largest absolute Gasteiger partial charge is 0.335 e. The van der Waals surface area contributed by atoms with Gasteiger partial charge in [-0.1, -0.05) is 20.8 Å². The Morgan fingerprint density at radius 2 is 2.00 bits per heavy atom. The van der Waals surface area contributed by atoms with Crippen LogP contribution in [0.15, 0.2) is 12.1 Å². The first-order valence-corrected chi connectivity index (χ1v) is 7.36. The van der Waals surface area contributed by atoms with Gasteiger partial charge in [0.25, 0.3) is 5.91 Å². The number of rotatable bonds is 2. The molecule has 1 N–H and O–H groups in total. The van der Waals surface area contributed by atoms with Crippen LogP contribution in [0.3, 0.4) is 0 Å². The Hall–Kier alpha value is -0.870. The van der Waals surface area contributed by atoms with Crippen molar-refractivity contribution >= 4 is 17.2 Å². The summed E-state index contributed by atoms with van der Waals surface area (Å²) in [6.07, 6.45) is 1.03. The summed E-state index contributed by atoms with van der Waals surface area (Å²) >= 11 is 1.65. The summed E-state index contributed by atoms with van der Waals surface area (Å²) in [4.78, 5) is 16.4. The van der Waals surface area contributed by atoms with Crippen molar-refractivity contribution in [1.82, 2.24) is 10.2 Å². The summed E-state index contributed by atoms with van der Waals surface area (Å²) in [5, 5.41) is 3.27. The maximum atomic E-state index is 12.3. The van der Waals surface area contributed by atoms with Crippen molar-refractivity contribution < 1.29 is 4.79 Å². The molecule has 0 saturated carbocycles. The van der Waals surface area contributed by atoms with E-state index in [0.29, 0.717) is 0 Å². The molecule has 1 saturated heterocycles. The summed E-state index contributed by atoms with van der Waals surface area (Å²) in [6.45, 7) is 10.1. The molecular formula is C14H22N2OS. The molecule has 0 aliphatic carbocycles. The quantitative estimate of drug-likeness (QED) is 0.891. The molecule has 1 aliphatic heterocycles. The van der Waals surface area contributed by atoms with Gasteiger partial charge < -0.3 is 10.2 Å². The number of nitrogens with one attached hydrogen (secondary N) is 1. The maximum Gasteiger partial charge on any atom is 0.264 e. The van der Waals surface area contributed by atoms with E-state index in [0.717, 1.165) is 37.5 Å². The Morgan fingerprint density at radius 3 is 2.61 bits per heavy atom. The molecular weight excluding hydrogens is 244 g/mol. The molecule has 1 amide bonds. The Labute approximate surface area is 113 Å². The highest BCUT2D eigenvalue weighted by atomic mass is 32.1. The average Bonchev–Trinajstić information content (AvgIpc) is 2.75. The van der Waals surface area contributed by atoms with Crippen LogP contribution in [0.2, 0.25) is 0 Å². The number of carbonyl (C=O) groups is 1. The monoisotopic (exact) mass is 266 g/mol. The van der Waals surface area contributed by atoms with Crippen molar-refractivity contribution in [2.45, 2.75) is 27.2 Å². The minimum atomic E-state index is 0.196. The van der Waals surface area contributed by atoms with Crippen LogP contribution >= 0.6 is 11.3 Å². The van der Waals surface area contributed by atoms with E-state index in [2.05, 4.69) is 32.2 Å². The van der Waals surface area contributed by atoms with Gasteiger partial charge in [0.05, 0.1) is 4.88 Å². The van der Waals surface area contributed by atoms with Crippen molar-refractivity contribution in [3.63, 3.8) is 0 Å². The van der Waals surface area contributed by atoms with Crippen molar-refractivity contribution in [3.8, 4) is 0 Å². The van der Waals surface area contributed by atoms with Crippen LogP contribution in [0.25, 0.3) is 0 Å². The van der Waals surface area contributed by atoms with Gasteiger partial charge in [0.1, 0.15) is 0 Å². The van der Waals surface area contributed by atoms with Gasteiger partial charge in [-0.25, -0.2) is 0 Å². The lowest BCUT2D eigenvalue weighted by molar-refractivity contribution is 0.0740. The zero-order valence-electron chi connectivity index (χ0n) is 11.5. The smallest absolute Gasteiger partial charge is 0.264 e. The second-order valence-electron chi connectivity index (χ2n) is 6.05. The van der Waals surface area contributed by atoms with Crippen LogP contribution in [0, 0.1) is 5.41 Å². The molecule has 3 nitrogen and oxygen atoms in total. The van der Waals surface area contributed by atoms with Crippen molar-refractivity contribution in [1.29, 1.82) is 0 Å². The Bertz CT molecular complexity index is 414. The lowest BCUT2D eigenvalue weighted by atomic mass is 9.92. The van der Waals surface area contributed by atoms with Crippen LogP contribution in [-0.2, 0) is 6.42 Å². The van der Waals surface area contributed by atoms with E-state index in [9.17, 15) is 4.79 Å². The van der Waals surface area contributed by atoms with Gasteiger partial charge in [0.2, 0.25) is 0 Å². The standard InChI is InChI=1S/C14H22N2OS/c1-14(2,3)10-11-4-5-12(18-11)13(17)16-8-6-15-7-9-16/h4-5,15H,6-10H2,1-3H3. The fourth-order valence-electron chi connectivity index (χ4n) is 2.13. The first-order valence-electron chi connectivity index (χ1n) is 6.54. The summed E-state index contributed by atoms with van der Waals surface area (Å²) in [7, 11) is 0. The van der Waals surface area contributed by atoms with E-state index in [1.807, 2.05) is 11.0 Å². The van der Waals surface area contributed by atoms with Gasteiger partial charge in [-0.15, -0.1) is 11.3 Å². The first-order chi connectivity index (χ1) is 8.46. The third-order valence-electron chi connectivity index (χ3n) is 2.98. The highest BCUT2D eigenvalue weighted by molar-refractivity contribution is 7.14. The number of amides is 1. The molecule has 0 atom stereocenters. The number of hydrogen-bond acceptors (Lipinski definition) is 3. The van der Waals surface area contributed by atoms with E-state index in [1.165, 1.54) is 4.88 Å². The molecule has 2 rings (SSSR count). The first kappa shape index (κ1) is 13.6. The molecule has 1 aromatic heterocycles. The van der Waals surface area contributed by atoms with Crippen LogP contribution in [0.1, 0.15) is 35.3 Å². The van der Waals surface area contributed by atoms with Crippen LogP contribution in [0.5, 0.6) is 0 Å². The summed E-state index contributed by atoms with van der Waals surface area (Å²) in [6, 6.07) is 4.08. The molecule has 0 unspecified atom stereocenters.